The molecule has 0 spiro atoms. The molecule has 0 amide bonds. The monoisotopic (exact) mass is 201 g/mol. The van der Waals surface area contributed by atoms with E-state index >= 15 is 0 Å². The molecule has 0 aliphatic heterocycles. The van der Waals surface area contributed by atoms with Crippen molar-refractivity contribution in [3.8, 4) is 0 Å². The number of nitrogens with two attached hydrogens (primary N) is 1. The van der Waals surface area contributed by atoms with E-state index in [0.717, 1.165) is 5.16 Å². The summed E-state index contributed by atoms with van der Waals surface area (Å²) in [6, 6.07) is 0. The van der Waals surface area contributed by atoms with Crippen LogP contribution in [0.5, 0.6) is 0 Å². The van der Waals surface area contributed by atoms with Gasteiger partial charge in [0.1, 0.15) is 6.33 Å². The number of aryl methyl sites for hydroxylation is 1. The van der Waals surface area contributed by atoms with Crippen molar-refractivity contribution in [2.75, 3.05) is 0 Å². The zero-order chi connectivity index (χ0) is 9.84. The highest BCUT2D eigenvalue weighted by atomic mass is 32.2. The van der Waals surface area contributed by atoms with Gasteiger partial charge >= 0.3 is 0 Å². The average Bonchev–Trinajstić information content (AvgIpc) is 2.50. The molecule has 6 nitrogen and oxygen atoms in total. The van der Waals surface area contributed by atoms with E-state index in [0.29, 0.717) is 0 Å². The van der Waals surface area contributed by atoms with Gasteiger partial charge in [-0.1, -0.05) is 16.9 Å². The maximum absolute atomic E-state index is 8.41. The predicted octanol–water partition coefficient (Wildman–Crippen LogP) is 0.0421. The van der Waals surface area contributed by atoms with Crippen molar-refractivity contribution in [1.82, 2.24) is 14.8 Å². The van der Waals surface area contributed by atoms with Gasteiger partial charge in [-0.2, -0.15) is 5.10 Å². The fourth-order valence-electron chi connectivity index (χ4n) is 0.692. The molecule has 1 unspecified atom stereocenters. The number of oxime groups is 1. The van der Waals surface area contributed by atoms with Gasteiger partial charge < -0.3 is 10.9 Å². The number of amidine groups is 1. The molecule has 0 saturated carbocycles. The normalized spacial score (nSPS) is 14.5. The van der Waals surface area contributed by atoms with Crippen LogP contribution in [0.15, 0.2) is 16.6 Å². The van der Waals surface area contributed by atoms with Crippen molar-refractivity contribution < 1.29 is 5.21 Å². The fourth-order valence-corrected chi connectivity index (χ4v) is 1.48. The Balaban J connectivity index is 2.65. The molecule has 1 atom stereocenters. The zero-order valence-electron chi connectivity index (χ0n) is 7.38. The summed E-state index contributed by atoms with van der Waals surface area (Å²) in [6.07, 6.45) is 1.46. The van der Waals surface area contributed by atoms with Gasteiger partial charge in [0.2, 0.25) is 0 Å². The molecular weight excluding hydrogens is 190 g/mol. The Morgan fingerprint density at radius 1 is 1.85 bits per heavy atom. The van der Waals surface area contributed by atoms with E-state index in [1.165, 1.54) is 18.1 Å². The van der Waals surface area contributed by atoms with Gasteiger partial charge in [-0.25, -0.2) is 9.67 Å². The Bertz CT molecular complexity index is 310. The van der Waals surface area contributed by atoms with E-state index in [1.54, 1.807) is 11.7 Å². The summed E-state index contributed by atoms with van der Waals surface area (Å²) >= 11 is 1.38. The number of hydrogen-bond donors (Lipinski definition) is 2. The van der Waals surface area contributed by atoms with Crippen molar-refractivity contribution in [3.63, 3.8) is 0 Å². The molecule has 3 N–H and O–H groups in total. The smallest absolute Gasteiger partial charge is 0.186 e. The standard InChI is InChI=1S/C6H11N5OS/c1-4(5(7)10-12)13-6-8-3-9-11(6)2/h3-4,12H,1-2H3,(H2,7,10). The van der Waals surface area contributed by atoms with Crippen LogP contribution in [0.1, 0.15) is 6.92 Å². The van der Waals surface area contributed by atoms with Gasteiger partial charge in [0.15, 0.2) is 11.0 Å². The van der Waals surface area contributed by atoms with Crippen molar-refractivity contribution in [3.05, 3.63) is 6.33 Å². The average molecular weight is 201 g/mol. The fraction of sp³-hybridized carbons (Fsp3) is 0.500. The van der Waals surface area contributed by atoms with Crippen LogP contribution in [-0.2, 0) is 7.05 Å². The third-order valence-electron chi connectivity index (χ3n) is 1.48. The lowest BCUT2D eigenvalue weighted by Gasteiger charge is -2.07. The summed E-state index contributed by atoms with van der Waals surface area (Å²) in [6.45, 7) is 1.83. The largest absolute Gasteiger partial charge is 0.409 e. The lowest BCUT2D eigenvalue weighted by Crippen LogP contribution is -2.23. The van der Waals surface area contributed by atoms with Crippen molar-refractivity contribution in [2.24, 2.45) is 17.9 Å². The molecule has 0 aliphatic carbocycles. The van der Waals surface area contributed by atoms with Crippen LogP contribution >= 0.6 is 11.8 Å². The van der Waals surface area contributed by atoms with E-state index in [-0.39, 0.29) is 11.1 Å². The molecule has 0 saturated heterocycles. The van der Waals surface area contributed by atoms with Crippen molar-refractivity contribution >= 4 is 17.6 Å². The van der Waals surface area contributed by atoms with Gasteiger partial charge in [0.05, 0.1) is 5.25 Å². The van der Waals surface area contributed by atoms with Crippen LogP contribution in [0.3, 0.4) is 0 Å². The summed E-state index contributed by atoms with van der Waals surface area (Å²) in [4.78, 5) is 4.00. The summed E-state index contributed by atoms with van der Waals surface area (Å²) in [5, 5.41) is 15.8. The van der Waals surface area contributed by atoms with E-state index in [1.807, 2.05) is 6.92 Å². The topological polar surface area (TPSA) is 89.3 Å². The number of thioether (sulfide) groups is 1. The van der Waals surface area contributed by atoms with Crippen molar-refractivity contribution in [2.45, 2.75) is 17.3 Å². The minimum atomic E-state index is -0.118. The molecule has 0 aliphatic rings. The highest BCUT2D eigenvalue weighted by molar-refractivity contribution is 8.00. The Morgan fingerprint density at radius 3 is 3.00 bits per heavy atom. The third kappa shape index (κ3) is 2.35. The molecule has 13 heavy (non-hydrogen) atoms. The zero-order valence-corrected chi connectivity index (χ0v) is 8.19. The number of rotatable bonds is 3. The first-order chi connectivity index (χ1) is 6.15. The van der Waals surface area contributed by atoms with E-state index < -0.39 is 0 Å². The van der Waals surface area contributed by atoms with Crippen LogP contribution in [-0.4, -0.2) is 31.1 Å². The molecule has 0 fully saturated rings. The predicted molar refractivity (Wildman–Crippen MR) is 49.7 cm³/mol. The molecule has 0 bridgehead atoms. The van der Waals surface area contributed by atoms with E-state index in [2.05, 4.69) is 15.2 Å². The summed E-state index contributed by atoms with van der Waals surface area (Å²) < 4.78 is 1.63. The molecule has 0 radical (unpaired) electrons. The Labute approximate surface area is 79.8 Å². The Hall–Kier alpha value is -1.24. The molecule has 7 heteroatoms. The van der Waals surface area contributed by atoms with E-state index in [9.17, 15) is 0 Å². The molecule has 0 aromatic carbocycles. The quantitative estimate of drug-likeness (QED) is 0.237. The molecule has 1 heterocycles. The second-order valence-corrected chi connectivity index (χ2v) is 3.76. The van der Waals surface area contributed by atoms with Gasteiger partial charge in [-0.3, -0.25) is 0 Å². The minimum absolute atomic E-state index is 0.118. The molecular formula is C6H11N5OS. The summed E-state index contributed by atoms with van der Waals surface area (Å²) in [7, 11) is 1.79. The van der Waals surface area contributed by atoms with Crippen LogP contribution < -0.4 is 5.73 Å². The van der Waals surface area contributed by atoms with Gasteiger partial charge in [0, 0.05) is 7.05 Å². The second-order valence-electron chi connectivity index (χ2n) is 2.45. The lowest BCUT2D eigenvalue weighted by molar-refractivity contribution is 0.317. The van der Waals surface area contributed by atoms with Crippen molar-refractivity contribution in [1.29, 1.82) is 0 Å². The first-order valence-electron chi connectivity index (χ1n) is 3.63. The van der Waals surface area contributed by atoms with Crippen LogP contribution in [0.4, 0.5) is 0 Å². The highest BCUT2D eigenvalue weighted by Crippen LogP contribution is 2.19. The Kier molecular flexibility index (Phi) is 3.13. The van der Waals surface area contributed by atoms with Gasteiger partial charge in [0.25, 0.3) is 0 Å². The molecule has 1 aromatic heterocycles. The number of nitrogens with zero attached hydrogens (tertiary/aromatic N) is 4. The molecule has 1 rings (SSSR count). The number of aromatic nitrogens is 3. The maximum Gasteiger partial charge on any atom is 0.186 e. The minimum Gasteiger partial charge on any atom is -0.409 e. The SMILES string of the molecule is CC(Sc1ncnn1C)C(N)=NO. The molecule has 72 valence electrons. The van der Waals surface area contributed by atoms with Crippen LogP contribution in [0.2, 0.25) is 0 Å². The first-order valence-corrected chi connectivity index (χ1v) is 4.51. The van der Waals surface area contributed by atoms with Gasteiger partial charge in [-0.05, 0) is 6.92 Å². The highest BCUT2D eigenvalue weighted by Gasteiger charge is 2.12. The Morgan fingerprint density at radius 2 is 2.54 bits per heavy atom. The maximum atomic E-state index is 8.41. The lowest BCUT2D eigenvalue weighted by atomic mass is 10.4. The van der Waals surface area contributed by atoms with Crippen LogP contribution in [0, 0.1) is 0 Å². The van der Waals surface area contributed by atoms with Gasteiger partial charge in [-0.15, -0.1) is 0 Å². The second kappa shape index (κ2) is 4.13. The molecule has 1 aromatic rings. The van der Waals surface area contributed by atoms with E-state index in [4.69, 9.17) is 10.9 Å². The summed E-state index contributed by atoms with van der Waals surface area (Å²) in [5.41, 5.74) is 5.40. The summed E-state index contributed by atoms with van der Waals surface area (Å²) in [5.74, 6) is 0.174. The first kappa shape index (κ1) is 9.85. The number of hydrogen-bond acceptors (Lipinski definition) is 5. The van der Waals surface area contributed by atoms with Crippen LogP contribution in [0.25, 0.3) is 0 Å². The third-order valence-corrected chi connectivity index (χ3v) is 2.66.